The summed E-state index contributed by atoms with van der Waals surface area (Å²) in [6.45, 7) is 1.85. The van der Waals surface area contributed by atoms with Crippen LogP contribution in [-0.4, -0.2) is 26.3 Å². The quantitative estimate of drug-likeness (QED) is 0.671. The van der Waals surface area contributed by atoms with Crippen LogP contribution in [0.3, 0.4) is 0 Å². The Morgan fingerprint density at radius 1 is 1.30 bits per heavy atom. The van der Waals surface area contributed by atoms with Gasteiger partial charge in [0.25, 0.3) is 0 Å². The van der Waals surface area contributed by atoms with E-state index < -0.39 is 0 Å². The number of nitrogens with zero attached hydrogens (tertiary/aromatic N) is 2. The second kappa shape index (κ2) is 7.43. The number of benzene rings is 1. The van der Waals surface area contributed by atoms with Gasteiger partial charge in [-0.3, -0.25) is 9.89 Å². The van der Waals surface area contributed by atoms with Crippen molar-refractivity contribution < 1.29 is 4.79 Å². The SMILES string of the molecule is CC(Sc1n[nH]c(Cc2cccs2)n1)C(=O)Nc1ccccc1. The van der Waals surface area contributed by atoms with Crippen LogP contribution in [0.15, 0.2) is 53.0 Å². The number of thiophene rings is 1. The number of H-pyrrole nitrogens is 1. The molecule has 0 fully saturated rings. The maximum atomic E-state index is 12.2. The van der Waals surface area contributed by atoms with Crippen molar-refractivity contribution in [3.8, 4) is 0 Å². The molecular formula is C16H16N4OS2. The number of nitrogens with one attached hydrogen (secondary N) is 2. The fraction of sp³-hybridized carbons (Fsp3) is 0.188. The summed E-state index contributed by atoms with van der Waals surface area (Å²) in [5.74, 6) is 0.747. The molecule has 0 aliphatic carbocycles. The van der Waals surface area contributed by atoms with Crippen molar-refractivity contribution in [2.24, 2.45) is 0 Å². The Labute approximate surface area is 142 Å². The van der Waals surface area contributed by atoms with Gasteiger partial charge in [0.1, 0.15) is 5.82 Å². The molecule has 0 aliphatic heterocycles. The van der Waals surface area contributed by atoms with E-state index in [1.165, 1.54) is 16.6 Å². The number of para-hydroxylation sites is 1. The molecule has 118 valence electrons. The molecule has 0 spiro atoms. The number of hydrogen-bond acceptors (Lipinski definition) is 5. The summed E-state index contributed by atoms with van der Waals surface area (Å²) in [6, 6.07) is 13.5. The maximum Gasteiger partial charge on any atom is 0.237 e. The highest BCUT2D eigenvalue weighted by atomic mass is 32.2. The van der Waals surface area contributed by atoms with Crippen molar-refractivity contribution >= 4 is 34.7 Å². The molecule has 3 rings (SSSR count). The van der Waals surface area contributed by atoms with Crippen LogP contribution >= 0.6 is 23.1 Å². The Bertz CT molecular complexity index is 756. The van der Waals surface area contributed by atoms with Crippen molar-refractivity contribution in [3.63, 3.8) is 0 Å². The van der Waals surface area contributed by atoms with Crippen molar-refractivity contribution in [3.05, 3.63) is 58.5 Å². The molecule has 0 radical (unpaired) electrons. The van der Waals surface area contributed by atoms with Crippen LogP contribution in [0, 0.1) is 0 Å². The lowest BCUT2D eigenvalue weighted by molar-refractivity contribution is -0.115. The van der Waals surface area contributed by atoms with Gasteiger partial charge in [-0.05, 0) is 30.5 Å². The smallest absolute Gasteiger partial charge is 0.237 e. The van der Waals surface area contributed by atoms with E-state index in [2.05, 4.69) is 26.6 Å². The minimum Gasteiger partial charge on any atom is -0.325 e. The topological polar surface area (TPSA) is 70.7 Å². The molecule has 5 nitrogen and oxygen atoms in total. The number of carbonyl (C=O) groups excluding carboxylic acids is 1. The van der Waals surface area contributed by atoms with Crippen molar-refractivity contribution in [1.29, 1.82) is 0 Å². The molecule has 0 bridgehead atoms. The Morgan fingerprint density at radius 2 is 2.13 bits per heavy atom. The highest BCUT2D eigenvalue weighted by Crippen LogP contribution is 2.21. The largest absolute Gasteiger partial charge is 0.325 e. The van der Waals surface area contributed by atoms with E-state index >= 15 is 0 Å². The van der Waals surface area contributed by atoms with Crippen LogP contribution < -0.4 is 5.32 Å². The molecule has 23 heavy (non-hydrogen) atoms. The molecule has 2 N–H and O–H groups in total. The predicted molar refractivity (Wildman–Crippen MR) is 93.9 cm³/mol. The lowest BCUT2D eigenvalue weighted by Gasteiger charge is -2.09. The number of aromatic nitrogens is 3. The van der Waals surface area contributed by atoms with Gasteiger partial charge in [-0.15, -0.1) is 16.4 Å². The van der Waals surface area contributed by atoms with Gasteiger partial charge in [0.05, 0.1) is 5.25 Å². The third-order valence-electron chi connectivity index (χ3n) is 3.13. The zero-order valence-electron chi connectivity index (χ0n) is 12.5. The molecule has 1 atom stereocenters. The van der Waals surface area contributed by atoms with Gasteiger partial charge in [-0.2, -0.15) is 0 Å². The fourth-order valence-electron chi connectivity index (χ4n) is 1.96. The van der Waals surface area contributed by atoms with Crippen molar-refractivity contribution in [1.82, 2.24) is 15.2 Å². The molecule has 0 aliphatic rings. The van der Waals surface area contributed by atoms with E-state index in [0.29, 0.717) is 5.16 Å². The van der Waals surface area contributed by atoms with Gasteiger partial charge in [0.15, 0.2) is 0 Å². The van der Waals surface area contributed by atoms with Gasteiger partial charge in [0.2, 0.25) is 11.1 Å². The van der Waals surface area contributed by atoms with Gasteiger partial charge in [-0.1, -0.05) is 36.0 Å². The zero-order chi connectivity index (χ0) is 16.1. The molecule has 1 amide bonds. The number of aromatic amines is 1. The molecule has 1 unspecified atom stereocenters. The summed E-state index contributed by atoms with van der Waals surface area (Å²) in [7, 11) is 0. The van der Waals surface area contributed by atoms with Crippen molar-refractivity contribution in [2.75, 3.05) is 5.32 Å². The minimum absolute atomic E-state index is 0.0641. The second-order valence-corrected chi connectivity index (χ2v) is 7.28. The average molecular weight is 344 g/mol. The second-order valence-electron chi connectivity index (χ2n) is 4.94. The number of thioether (sulfide) groups is 1. The van der Waals surface area contributed by atoms with Gasteiger partial charge in [0, 0.05) is 17.0 Å². The molecule has 1 aromatic carbocycles. The molecule has 7 heteroatoms. The van der Waals surface area contributed by atoms with Gasteiger partial charge in [-0.25, -0.2) is 4.98 Å². The van der Waals surface area contributed by atoms with E-state index in [-0.39, 0.29) is 11.2 Å². The number of hydrogen-bond donors (Lipinski definition) is 2. The zero-order valence-corrected chi connectivity index (χ0v) is 14.2. The molecule has 2 heterocycles. The standard InChI is InChI=1S/C16H16N4OS2/c1-11(15(21)17-12-6-3-2-4-7-12)23-16-18-14(19-20-16)10-13-8-5-9-22-13/h2-9,11H,10H2,1H3,(H,17,21)(H,18,19,20). The monoisotopic (exact) mass is 344 g/mol. The van der Waals surface area contributed by atoms with Crippen LogP contribution in [0.2, 0.25) is 0 Å². The summed E-state index contributed by atoms with van der Waals surface area (Å²) < 4.78 is 0. The molecule has 3 aromatic rings. The van der Waals surface area contributed by atoms with E-state index in [1.54, 1.807) is 11.3 Å². The third kappa shape index (κ3) is 4.43. The first kappa shape index (κ1) is 15.8. The van der Waals surface area contributed by atoms with Crippen LogP contribution in [0.4, 0.5) is 5.69 Å². The molecular weight excluding hydrogens is 328 g/mol. The average Bonchev–Trinajstić information content (AvgIpc) is 3.21. The van der Waals surface area contributed by atoms with Crippen LogP contribution in [0.1, 0.15) is 17.6 Å². The summed E-state index contributed by atoms with van der Waals surface area (Å²) in [6.07, 6.45) is 0.732. The number of carbonyl (C=O) groups is 1. The van der Waals surface area contributed by atoms with E-state index in [1.807, 2.05) is 48.7 Å². The van der Waals surface area contributed by atoms with Crippen LogP contribution in [-0.2, 0) is 11.2 Å². The minimum atomic E-state index is -0.277. The fourth-order valence-corrected chi connectivity index (χ4v) is 3.42. The first-order valence-electron chi connectivity index (χ1n) is 7.17. The predicted octanol–water partition coefficient (Wildman–Crippen LogP) is 3.58. The Hall–Kier alpha value is -2.12. The lowest BCUT2D eigenvalue weighted by Crippen LogP contribution is -2.22. The molecule has 2 aromatic heterocycles. The lowest BCUT2D eigenvalue weighted by atomic mass is 10.3. The van der Waals surface area contributed by atoms with E-state index in [4.69, 9.17) is 0 Å². The van der Waals surface area contributed by atoms with Crippen LogP contribution in [0.25, 0.3) is 0 Å². The summed E-state index contributed by atoms with van der Waals surface area (Å²) in [4.78, 5) is 17.9. The summed E-state index contributed by atoms with van der Waals surface area (Å²) in [5, 5.41) is 12.3. The number of rotatable bonds is 6. The number of anilines is 1. The Balaban J connectivity index is 1.56. The normalized spacial score (nSPS) is 12.0. The first-order valence-corrected chi connectivity index (χ1v) is 8.93. The highest BCUT2D eigenvalue weighted by Gasteiger charge is 2.17. The van der Waals surface area contributed by atoms with Crippen LogP contribution in [0.5, 0.6) is 0 Å². The van der Waals surface area contributed by atoms with Gasteiger partial charge >= 0.3 is 0 Å². The molecule has 0 saturated carbocycles. The van der Waals surface area contributed by atoms with Crippen molar-refractivity contribution in [2.45, 2.75) is 23.8 Å². The maximum absolute atomic E-state index is 12.2. The van der Waals surface area contributed by atoms with Gasteiger partial charge < -0.3 is 5.32 Å². The Kier molecular flexibility index (Phi) is 5.09. The highest BCUT2D eigenvalue weighted by molar-refractivity contribution is 8.00. The summed E-state index contributed by atoms with van der Waals surface area (Å²) >= 11 is 3.03. The van der Waals surface area contributed by atoms with E-state index in [9.17, 15) is 4.79 Å². The number of amides is 1. The third-order valence-corrected chi connectivity index (χ3v) is 4.96. The Morgan fingerprint density at radius 3 is 2.87 bits per heavy atom. The molecule has 0 saturated heterocycles. The first-order chi connectivity index (χ1) is 11.2. The summed E-state index contributed by atoms with van der Waals surface area (Å²) in [5.41, 5.74) is 0.790. The van der Waals surface area contributed by atoms with E-state index in [0.717, 1.165) is 17.9 Å².